The number of hydrogen-bond donors (Lipinski definition) is 3. The molecule has 3 nitrogen and oxygen atoms in total. The molecule has 0 bridgehead atoms. The smallest absolute Gasteiger partial charge is 0.275 e. The highest BCUT2D eigenvalue weighted by Crippen LogP contribution is 2.00. The van der Waals surface area contributed by atoms with E-state index in [1.165, 1.54) is 6.42 Å². The Morgan fingerprint density at radius 1 is 1.43 bits per heavy atom. The lowest BCUT2D eigenvalue weighted by molar-refractivity contribution is -0.310. The van der Waals surface area contributed by atoms with Crippen molar-refractivity contribution in [3.05, 3.63) is 6.42 Å². The van der Waals surface area contributed by atoms with Gasteiger partial charge < -0.3 is 15.3 Å². The van der Waals surface area contributed by atoms with E-state index in [2.05, 4.69) is 0 Å². The molecule has 0 spiro atoms. The van der Waals surface area contributed by atoms with E-state index >= 15 is 0 Å². The lowest BCUT2D eigenvalue weighted by Gasteiger charge is -2.10. The summed E-state index contributed by atoms with van der Waals surface area (Å²) in [5.41, 5.74) is 0. The predicted molar refractivity (Wildman–Crippen MR) is 24.0 cm³/mol. The summed E-state index contributed by atoms with van der Waals surface area (Å²) in [6.07, 6.45) is 1.34. The van der Waals surface area contributed by atoms with Gasteiger partial charge in [-0.2, -0.15) is 0 Å². The molecule has 3 heteroatoms. The van der Waals surface area contributed by atoms with Crippen molar-refractivity contribution in [3.8, 4) is 0 Å². The summed E-state index contributed by atoms with van der Waals surface area (Å²) in [6.45, 7) is 1.62. The van der Waals surface area contributed by atoms with Gasteiger partial charge in [0.2, 0.25) is 0 Å². The number of rotatable bonds is 2. The third-order valence-electron chi connectivity index (χ3n) is 0.478. The first-order chi connectivity index (χ1) is 3.06. The van der Waals surface area contributed by atoms with Crippen molar-refractivity contribution >= 4 is 0 Å². The molecule has 0 aliphatic heterocycles. The predicted octanol–water partition coefficient (Wildman–Crippen LogP) is -0.769. The average Bonchev–Trinajstić information content (AvgIpc) is 1.30. The van der Waals surface area contributed by atoms with E-state index in [0.717, 1.165) is 0 Å². The van der Waals surface area contributed by atoms with Crippen LogP contribution in [0.2, 0.25) is 0 Å². The van der Waals surface area contributed by atoms with Gasteiger partial charge in [0.1, 0.15) is 0 Å². The van der Waals surface area contributed by atoms with Crippen LogP contribution in [0, 0.1) is 6.42 Å². The van der Waals surface area contributed by atoms with Crippen LogP contribution in [0.3, 0.4) is 0 Å². The Bertz CT molecular complexity index is 45.4. The number of hydrogen-bond acceptors (Lipinski definition) is 3. The molecule has 0 saturated heterocycles. The Kier molecular flexibility index (Phi) is 2.22. The second-order valence-electron chi connectivity index (χ2n) is 1.39. The molecule has 0 aliphatic rings. The molecule has 0 atom stereocenters. The Labute approximate surface area is 42.2 Å². The first-order valence-electron chi connectivity index (χ1n) is 2.01. The highest BCUT2D eigenvalue weighted by molar-refractivity contribution is 4.59. The normalized spacial score (nSPS) is 12.0. The first kappa shape index (κ1) is 6.88. The lowest BCUT2D eigenvalue weighted by Crippen LogP contribution is -2.26. The van der Waals surface area contributed by atoms with Crippen LogP contribution >= 0.6 is 0 Å². The fraction of sp³-hybridized carbons (Fsp3) is 0.750. The molecule has 0 aliphatic carbocycles. The van der Waals surface area contributed by atoms with Crippen molar-refractivity contribution in [2.24, 2.45) is 0 Å². The molecular formula is C4H9O3. The van der Waals surface area contributed by atoms with Gasteiger partial charge in [-0.1, -0.05) is 6.92 Å². The standard InChI is InChI=1S/C4H9O3/c1-2-3-4(5,6)7/h2,5-7H,3H2,1H3. The van der Waals surface area contributed by atoms with Crippen molar-refractivity contribution in [2.45, 2.75) is 19.3 Å². The van der Waals surface area contributed by atoms with Gasteiger partial charge in [-0.25, -0.2) is 0 Å². The van der Waals surface area contributed by atoms with Crippen LogP contribution < -0.4 is 0 Å². The van der Waals surface area contributed by atoms with Gasteiger partial charge in [0.15, 0.2) is 0 Å². The maximum Gasteiger partial charge on any atom is 0.275 e. The zero-order chi connectivity index (χ0) is 5.91. The van der Waals surface area contributed by atoms with E-state index in [-0.39, 0.29) is 6.42 Å². The Morgan fingerprint density at radius 3 is 1.86 bits per heavy atom. The van der Waals surface area contributed by atoms with E-state index in [0.29, 0.717) is 0 Å². The van der Waals surface area contributed by atoms with Crippen molar-refractivity contribution in [1.82, 2.24) is 0 Å². The highest BCUT2D eigenvalue weighted by Gasteiger charge is 2.14. The fourth-order valence-electron chi connectivity index (χ4n) is 0.274. The van der Waals surface area contributed by atoms with Gasteiger partial charge in [-0.3, -0.25) is 0 Å². The maximum absolute atomic E-state index is 8.10. The average molecular weight is 105 g/mol. The second-order valence-corrected chi connectivity index (χ2v) is 1.39. The van der Waals surface area contributed by atoms with E-state index < -0.39 is 5.97 Å². The van der Waals surface area contributed by atoms with Gasteiger partial charge >= 0.3 is 0 Å². The molecule has 1 radical (unpaired) electrons. The molecule has 0 heterocycles. The Balaban J connectivity index is 3.15. The molecule has 0 aromatic heterocycles. The third kappa shape index (κ3) is 5.88. The SMILES string of the molecule is C[CH]CC(O)(O)O. The zero-order valence-electron chi connectivity index (χ0n) is 4.13. The largest absolute Gasteiger partial charge is 0.344 e. The minimum atomic E-state index is -2.51. The van der Waals surface area contributed by atoms with Crippen molar-refractivity contribution < 1.29 is 15.3 Å². The third-order valence-corrected chi connectivity index (χ3v) is 0.478. The van der Waals surface area contributed by atoms with Crippen molar-refractivity contribution in [3.63, 3.8) is 0 Å². The minimum Gasteiger partial charge on any atom is -0.344 e. The molecule has 0 unspecified atom stereocenters. The monoisotopic (exact) mass is 105 g/mol. The van der Waals surface area contributed by atoms with Crippen LogP contribution in [-0.4, -0.2) is 21.3 Å². The highest BCUT2D eigenvalue weighted by atomic mass is 16.7. The molecule has 0 aromatic rings. The van der Waals surface area contributed by atoms with Gasteiger partial charge in [0.25, 0.3) is 5.97 Å². The summed E-state index contributed by atoms with van der Waals surface area (Å²) in [7, 11) is 0. The van der Waals surface area contributed by atoms with Gasteiger partial charge in [0.05, 0.1) is 0 Å². The lowest BCUT2D eigenvalue weighted by atomic mass is 10.3. The summed E-state index contributed by atoms with van der Waals surface area (Å²) in [5, 5.41) is 24.3. The summed E-state index contributed by atoms with van der Waals surface area (Å²) in [4.78, 5) is 0. The molecule has 0 fully saturated rings. The molecule has 0 rings (SSSR count). The van der Waals surface area contributed by atoms with Gasteiger partial charge in [0, 0.05) is 6.42 Å². The molecule has 0 amide bonds. The van der Waals surface area contributed by atoms with Crippen LogP contribution in [-0.2, 0) is 0 Å². The van der Waals surface area contributed by atoms with Gasteiger partial charge in [-0.15, -0.1) is 0 Å². The van der Waals surface area contributed by atoms with Crippen LogP contribution in [0.25, 0.3) is 0 Å². The van der Waals surface area contributed by atoms with Crippen LogP contribution in [0.15, 0.2) is 0 Å². The Morgan fingerprint density at radius 2 is 1.86 bits per heavy atom. The fourth-order valence-corrected chi connectivity index (χ4v) is 0.274. The first-order valence-corrected chi connectivity index (χ1v) is 2.01. The summed E-state index contributed by atoms with van der Waals surface area (Å²) < 4.78 is 0. The molecule has 43 valence electrons. The quantitative estimate of drug-likeness (QED) is 0.404. The van der Waals surface area contributed by atoms with E-state index in [1.807, 2.05) is 0 Å². The second kappa shape index (κ2) is 2.26. The molecular weight excluding hydrogens is 96.0 g/mol. The van der Waals surface area contributed by atoms with Gasteiger partial charge in [-0.05, 0) is 6.42 Å². The summed E-state index contributed by atoms with van der Waals surface area (Å²) in [6, 6.07) is 0. The van der Waals surface area contributed by atoms with Crippen LogP contribution in [0.5, 0.6) is 0 Å². The molecule has 0 saturated carbocycles. The van der Waals surface area contributed by atoms with Crippen molar-refractivity contribution in [1.29, 1.82) is 0 Å². The van der Waals surface area contributed by atoms with E-state index in [9.17, 15) is 0 Å². The number of aliphatic hydroxyl groups is 3. The van der Waals surface area contributed by atoms with E-state index in [4.69, 9.17) is 15.3 Å². The maximum atomic E-state index is 8.10. The topological polar surface area (TPSA) is 60.7 Å². The van der Waals surface area contributed by atoms with Crippen LogP contribution in [0.1, 0.15) is 13.3 Å². The van der Waals surface area contributed by atoms with Crippen LogP contribution in [0.4, 0.5) is 0 Å². The summed E-state index contributed by atoms with van der Waals surface area (Å²) >= 11 is 0. The summed E-state index contributed by atoms with van der Waals surface area (Å²) in [5.74, 6) is -2.51. The molecule has 7 heavy (non-hydrogen) atoms. The molecule has 0 aromatic carbocycles. The Hall–Kier alpha value is -0.120. The van der Waals surface area contributed by atoms with Crippen molar-refractivity contribution in [2.75, 3.05) is 0 Å². The zero-order valence-corrected chi connectivity index (χ0v) is 4.13. The minimum absolute atomic E-state index is 0.118. The molecule has 3 N–H and O–H groups in total. The van der Waals surface area contributed by atoms with E-state index in [1.54, 1.807) is 6.92 Å².